The highest BCUT2D eigenvalue weighted by atomic mass is 19.1. The minimum atomic E-state index is -1.01. The van der Waals surface area contributed by atoms with Crippen LogP contribution < -0.4 is 9.96 Å². The van der Waals surface area contributed by atoms with Gasteiger partial charge in [-0.25, -0.2) is 14.4 Å². The quantitative estimate of drug-likeness (QED) is 0.617. The lowest BCUT2D eigenvalue weighted by molar-refractivity contribution is -0.126. The molecule has 2 fully saturated rings. The maximum absolute atomic E-state index is 14.8. The molecule has 0 aromatic heterocycles. The van der Waals surface area contributed by atoms with E-state index in [0.29, 0.717) is 16.9 Å². The number of carbonyl (C=O) groups is 2. The fraction of sp³-hybridized carbons (Fsp3) is 0.167. The monoisotopic (exact) mass is 402 g/mol. The highest BCUT2D eigenvalue weighted by molar-refractivity contribution is 6.23. The van der Waals surface area contributed by atoms with Crippen LogP contribution in [0.25, 0.3) is 0 Å². The van der Waals surface area contributed by atoms with Crippen LogP contribution in [-0.4, -0.2) is 17.9 Å². The van der Waals surface area contributed by atoms with Gasteiger partial charge in [0.2, 0.25) is 5.91 Å². The lowest BCUT2D eigenvalue weighted by Crippen LogP contribution is -2.37. The van der Waals surface area contributed by atoms with Crippen molar-refractivity contribution in [3.05, 3.63) is 95.8 Å². The molecule has 2 aliphatic rings. The summed E-state index contributed by atoms with van der Waals surface area (Å²) in [5.74, 6) is -2.12. The number of carbonyl (C=O) groups excluding carboxylic acids is 2. The molecule has 0 unspecified atom stereocenters. The number of amides is 2. The third-order valence-corrected chi connectivity index (χ3v) is 5.64. The number of nitrogens with zero attached hydrogens (tertiary/aromatic N) is 2. The first-order chi connectivity index (χ1) is 14.6. The number of halogens is 1. The average molecular weight is 402 g/mol. The summed E-state index contributed by atoms with van der Waals surface area (Å²) in [4.78, 5) is 33.8. The first-order valence-corrected chi connectivity index (χ1v) is 9.76. The van der Waals surface area contributed by atoms with Gasteiger partial charge in [0.15, 0.2) is 6.10 Å². The van der Waals surface area contributed by atoms with E-state index in [0.717, 1.165) is 10.5 Å². The van der Waals surface area contributed by atoms with Crippen LogP contribution in [0, 0.1) is 18.7 Å². The molecule has 5 nitrogen and oxygen atoms in total. The SMILES string of the molecule is Cc1ccc(N2C(=O)[C@H]3[C@H](ON(c4ccccc4)[C@H]3c3ccccc3F)C2=O)cc1. The lowest BCUT2D eigenvalue weighted by atomic mass is 9.90. The van der Waals surface area contributed by atoms with Gasteiger partial charge in [0.05, 0.1) is 17.4 Å². The number of rotatable bonds is 3. The van der Waals surface area contributed by atoms with Crippen molar-refractivity contribution in [2.45, 2.75) is 19.1 Å². The molecule has 2 amide bonds. The van der Waals surface area contributed by atoms with Crippen LogP contribution in [0.4, 0.5) is 15.8 Å². The second-order valence-corrected chi connectivity index (χ2v) is 7.53. The molecule has 150 valence electrons. The van der Waals surface area contributed by atoms with E-state index in [1.807, 2.05) is 49.4 Å². The number of para-hydroxylation sites is 1. The van der Waals surface area contributed by atoms with Gasteiger partial charge in [-0.15, -0.1) is 0 Å². The maximum Gasteiger partial charge on any atom is 0.266 e. The van der Waals surface area contributed by atoms with Gasteiger partial charge in [-0.05, 0) is 37.3 Å². The highest BCUT2D eigenvalue weighted by Crippen LogP contribution is 2.48. The second kappa shape index (κ2) is 7.07. The number of hydrogen-bond acceptors (Lipinski definition) is 4. The van der Waals surface area contributed by atoms with Crippen molar-refractivity contribution in [3.63, 3.8) is 0 Å². The third-order valence-electron chi connectivity index (χ3n) is 5.64. The third kappa shape index (κ3) is 2.80. The van der Waals surface area contributed by atoms with E-state index in [9.17, 15) is 14.0 Å². The smallest absolute Gasteiger partial charge is 0.266 e. The van der Waals surface area contributed by atoms with Crippen LogP contribution in [0.15, 0.2) is 78.9 Å². The zero-order valence-corrected chi connectivity index (χ0v) is 16.2. The molecule has 0 aliphatic carbocycles. The number of benzene rings is 3. The van der Waals surface area contributed by atoms with Gasteiger partial charge in [-0.1, -0.05) is 54.1 Å². The standard InChI is InChI=1S/C24H19FN2O3/c1-15-11-13-16(14-12-15)26-23(28)20-21(18-9-5-6-10-19(18)25)27(30-22(20)24(26)29)17-7-3-2-4-8-17/h2-14,20-22H,1H3/t20-,21+,22+/m1/s1. The highest BCUT2D eigenvalue weighted by Gasteiger charge is 2.60. The molecule has 0 bridgehead atoms. The minimum absolute atomic E-state index is 0.320. The van der Waals surface area contributed by atoms with Crippen LogP contribution in [-0.2, 0) is 14.4 Å². The zero-order valence-electron chi connectivity index (χ0n) is 16.2. The van der Waals surface area contributed by atoms with Crippen LogP contribution in [0.2, 0.25) is 0 Å². The van der Waals surface area contributed by atoms with Crippen molar-refractivity contribution in [2.24, 2.45) is 5.92 Å². The Labute approximate surface area is 173 Å². The van der Waals surface area contributed by atoms with Crippen molar-refractivity contribution in [1.29, 1.82) is 0 Å². The van der Waals surface area contributed by atoms with E-state index in [2.05, 4.69) is 0 Å². The Hall–Kier alpha value is -3.51. The number of imide groups is 1. The van der Waals surface area contributed by atoms with E-state index in [4.69, 9.17) is 4.84 Å². The van der Waals surface area contributed by atoms with Crippen molar-refractivity contribution in [1.82, 2.24) is 0 Å². The summed E-state index contributed by atoms with van der Waals surface area (Å²) in [6.07, 6.45) is -1.01. The molecule has 5 rings (SSSR count). The van der Waals surface area contributed by atoms with Gasteiger partial charge in [0.1, 0.15) is 11.7 Å². The fourth-order valence-electron chi connectivity index (χ4n) is 4.19. The number of fused-ring (bicyclic) bond motifs is 1. The molecule has 30 heavy (non-hydrogen) atoms. The molecule has 3 atom stereocenters. The summed E-state index contributed by atoms with van der Waals surface area (Å²) >= 11 is 0. The molecule has 6 heteroatoms. The van der Waals surface area contributed by atoms with Crippen molar-refractivity contribution in [2.75, 3.05) is 9.96 Å². The molecule has 2 aliphatic heterocycles. The van der Waals surface area contributed by atoms with Gasteiger partial charge in [-0.2, -0.15) is 0 Å². The summed E-state index contributed by atoms with van der Waals surface area (Å²) in [6.45, 7) is 1.93. The predicted octanol–water partition coefficient (Wildman–Crippen LogP) is 4.19. The molecule has 0 N–H and O–H groups in total. The maximum atomic E-state index is 14.8. The van der Waals surface area contributed by atoms with Gasteiger partial charge in [0.25, 0.3) is 5.91 Å². The molecule has 0 radical (unpaired) electrons. The predicted molar refractivity (Wildman–Crippen MR) is 110 cm³/mol. The first kappa shape index (κ1) is 18.5. The van der Waals surface area contributed by atoms with E-state index >= 15 is 0 Å². The van der Waals surface area contributed by atoms with Gasteiger partial charge >= 0.3 is 0 Å². The average Bonchev–Trinajstić information content (AvgIpc) is 3.26. The molecule has 0 spiro atoms. The summed E-state index contributed by atoms with van der Waals surface area (Å²) < 4.78 is 14.8. The van der Waals surface area contributed by atoms with Crippen molar-refractivity contribution < 1.29 is 18.8 Å². The topological polar surface area (TPSA) is 49.9 Å². The van der Waals surface area contributed by atoms with Crippen molar-refractivity contribution in [3.8, 4) is 0 Å². The molecule has 2 saturated heterocycles. The number of aryl methyl sites for hydroxylation is 1. The summed E-state index contributed by atoms with van der Waals surface area (Å²) in [7, 11) is 0. The van der Waals surface area contributed by atoms with Crippen LogP contribution in [0.3, 0.4) is 0 Å². The van der Waals surface area contributed by atoms with E-state index < -0.39 is 29.8 Å². The number of hydroxylamine groups is 1. The lowest BCUT2D eigenvalue weighted by Gasteiger charge is -2.29. The van der Waals surface area contributed by atoms with E-state index in [1.165, 1.54) is 11.1 Å². The number of hydrogen-bond donors (Lipinski definition) is 0. The molecular weight excluding hydrogens is 383 g/mol. The summed E-state index contributed by atoms with van der Waals surface area (Å²) in [5, 5.41) is 1.50. The van der Waals surface area contributed by atoms with Gasteiger partial charge < -0.3 is 0 Å². The summed E-state index contributed by atoms with van der Waals surface area (Å²) in [5.41, 5.74) is 2.49. The Morgan fingerprint density at radius 3 is 2.17 bits per heavy atom. The van der Waals surface area contributed by atoms with Gasteiger partial charge in [-0.3, -0.25) is 14.4 Å². The Morgan fingerprint density at radius 2 is 1.47 bits per heavy atom. The number of anilines is 2. The Bertz CT molecular complexity index is 1120. The summed E-state index contributed by atoms with van der Waals surface area (Å²) in [6, 6.07) is 21.8. The van der Waals surface area contributed by atoms with Crippen LogP contribution in [0.5, 0.6) is 0 Å². The van der Waals surface area contributed by atoms with E-state index in [1.54, 1.807) is 30.3 Å². The molecule has 3 aromatic carbocycles. The van der Waals surface area contributed by atoms with Crippen LogP contribution >= 0.6 is 0 Å². The Morgan fingerprint density at radius 1 is 0.800 bits per heavy atom. The molecular formula is C24H19FN2O3. The van der Waals surface area contributed by atoms with Gasteiger partial charge in [0, 0.05) is 5.56 Å². The molecule has 2 heterocycles. The first-order valence-electron chi connectivity index (χ1n) is 9.76. The van der Waals surface area contributed by atoms with Crippen LogP contribution in [0.1, 0.15) is 17.2 Å². The fourth-order valence-corrected chi connectivity index (χ4v) is 4.19. The largest absolute Gasteiger partial charge is 0.273 e. The normalized spacial score (nSPS) is 23.2. The molecule has 0 saturated carbocycles. The molecule has 3 aromatic rings. The van der Waals surface area contributed by atoms with E-state index in [-0.39, 0.29) is 5.91 Å². The Kier molecular flexibility index (Phi) is 4.37. The second-order valence-electron chi connectivity index (χ2n) is 7.53. The Balaban J connectivity index is 1.60. The zero-order chi connectivity index (χ0) is 20.8. The minimum Gasteiger partial charge on any atom is -0.273 e. The van der Waals surface area contributed by atoms with Crippen molar-refractivity contribution >= 4 is 23.2 Å².